The first-order valence-electron chi connectivity index (χ1n) is 7.93. The van der Waals surface area contributed by atoms with Crippen LogP contribution in [0.25, 0.3) is 0 Å². The number of benzene rings is 1. The van der Waals surface area contributed by atoms with E-state index in [0.717, 1.165) is 12.2 Å². The van der Waals surface area contributed by atoms with Gasteiger partial charge in [0.25, 0.3) is 0 Å². The summed E-state index contributed by atoms with van der Waals surface area (Å²) in [4.78, 5) is 13.8. The molecular formula is C17H22N4O2. The predicted octanol–water partition coefficient (Wildman–Crippen LogP) is 2.24. The number of rotatable bonds is 4. The Hall–Kier alpha value is -2.21. The molecule has 2 aromatic rings. The van der Waals surface area contributed by atoms with Crippen LogP contribution in [0.2, 0.25) is 0 Å². The minimum atomic E-state index is -0.717. The highest BCUT2D eigenvalue weighted by atomic mass is 16.4. The molecule has 1 fully saturated rings. The molecule has 0 radical (unpaired) electrons. The molecule has 6 heteroatoms. The smallest absolute Gasteiger partial charge is 0.306 e. The third-order valence-electron chi connectivity index (χ3n) is 4.62. The summed E-state index contributed by atoms with van der Waals surface area (Å²) in [5, 5.41) is 17.7. The topological polar surface area (TPSA) is 71.2 Å². The maximum absolute atomic E-state index is 11.5. The lowest BCUT2D eigenvalue weighted by Crippen LogP contribution is -2.44. The summed E-state index contributed by atoms with van der Waals surface area (Å²) in [5.74, 6) is -1.05. The Balaban J connectivity index is 1.88. The van der Waals surface area contributed by atoms with Gasteiger partial charge in [-0.25, -0.2) is 0 Å². The second-order valence-corrected chi connectivity index (χ2v) is 6.35. The zero-order valence-electron chi connectivity index (χ0n) is 13.5. The number of nitrogens with zero attached hydrogens (tertiary/aromatic N) is 4. The molecule has 122 valence electrons. The molecular weight excluding hydrogens is 292 g/mol. The average molecular weight is 314 g/mol. The summed E-state index contributed by atoms with van der Waals surface area (Å²) in [6, 6.07) is 10.4. The van der Waals surface area contributed by atoms with Gasteiger partial charge in [0.1, 0.15) is 0 Å². The summed E-state index contributed by atoms with van der Waals surface area (Å²) in [6.45, 7) is 2.89. The van der Waals surface area contributed by atoms with E-state index in [1.807, 2.05) is 31.4 Å². The fraction of sp³-hybridized carbons (Fsp3) is 0.471. The van der Waals surface area contributed by atoms with Gasteiger partial charge >= 0.3 is 5.97 Å². The molecule has 0 amide bonds. The Kier molecular flexibility index (Phi) is 4.43. The fourth-order valence-corrected chi connectivity index (χ4v) is 3.43. The average Bonchev–Trinajstić information content (AvgIpc) is 2.96. The molecule has 1 N–H and O–H groups in total. The van der Waals surface area contributed by atoms with E-state index in [-0.39, 0.29) is 18.0 Å². The van der Waals surface area contributed by atoms with Gasteiger partial charge in [-0.3, -0.25) is 14.4 Å². The van der Waals surface area contributed by atoms with Crippen molar-refractivity contribution < 1.29 is 9.90 Å². The molecule has 0 spiro atoms. The number of hydrogen-bond donors (Lipinski definition) is 1. The second-order valence-electron chi connectivity index (χ2n) is 6.35. The highest BCUT2D eigenvalue weighted by Gasteiger charge is 2.38. The van der Waals surface area contributed by atoms with Crippen LogP contribution in [-0.4, -0.2) is 37.0 Å². The minimum absolute atomic E-state index is 0.0197. The van der Waals surface area contributed by atoms with Crippen LogP contribution in [0.5, 0.6) is 0 Å². The Morgan fingerprint density at radius 3 is 2.65 bits per heavy atom. The van der Waals surface area contributed by atoms with Crippen molar-refractivity contribution in [2.75, 3.05) is 0 Å². The zero-order chi connectivity index (χ0) is 16.4. The van der Waals surface area contributed by atoms with Crippen molar-refractivity contribution in [2.45, 2.75) is 38.4 Å². The minimum Gasteiger partial charge on any atom is -0.481 e. The maximum atomic E-state index is 11.5. The molecule has 1 saturated heterocycles. The van der Waals surface area contributed by atoms with Crippen molar-refractivity contribution >= 4 is 5.97 Å². The number of carboxylic acids is 1. The van der Waals surface area contributed by atoms with Crippen LogP contribution < -0.4 is 0 Å². The quantitative estimate of drug-likeness (QED) is 0.937. The number of aliphatic carboxylic acids is 1. The van der Waals surface area contributed by atoms with Gasteiger partial charge in [-0.15, -0.1) is 5.10 Å². The van der Waals surface area contributed by atoms with Gasteiger partial charge in [-0.1, -0.05) is 35.5 Å². The maximum Gasteiger partial charge on any atom is 0.306 e. The van der Waals surface area contributed by atoms with Gasteiger partial charge in [0.2, 0.25) is 0 Å². The van der Waals surface area contributed by atoms with Crippen molar-refractivity contribution in [1.82, 2.24) is 19.9 Å². The molecule has 1 aliphatic heterocycles. The van der Waals surface area contributed by atoms with E-state index in [1.54, 1.807) is 4.68 Å². The molecule has 1 aromatic carbocycles. The summed E-state index contributed by atoms with van der Waals surface area (Å²) < 4.78 is 1.67. The number of aryl methyl sites for hydroxylation is 1. The van der Waals surface area contributed by atoms with Crippen molar-refractivity contribution in [3.8, 4) is 0 Å². The third-order valence-corrected chi connectivity index (χ3v) is 4.62. The van der Waals surface area contributed by atoms with Gasteiger partial charge < -0.3 is 5.11 Å². The lowest BCUT2D eigenvalue weighted by atomic mass is 9.85. The van der Waals surface area contributed by atoms with Crippen LogP contribution in [0.3, 0.4) is 0 Å². The molecule has 0 bridgehead atoms. The first kappa shape index (κ1) is 15.7. The predicted molar refractivity (Wildman–Crippen MR) is 85.6 cm³/mol. The van der Waals surface area contributed by atoms with E-state index in [0.29, 0.717) is 12.8 Å². The molecule has 1 unspecified atom stereocenters. The monoisotopic (exact) mass is 314 g/mol. The van der Waals surface area contributed by atoms with Gasteiger partial charge in [-0.2, -0.15) is 0 Å². The van der Waals surface area contributed by atoms with Crippen LogP contribution in [0.15, 0.2) is 36.5 Å². The summed E-state index contributed by atoms with van der Waals surface area (Å²) in [7, 11) is 1.83. The van der Waals surface area contributed by atoms with E-state index in [1.165, 1.54) is 5.56 Å². The number of carboxylic acid groups (broad SMARTS) is 1. The standard InChI is InChI=1S/C17H22N4O2/c1-12-8-14(17(22)23)9-16(15-11-20(2)19-18-15)21(12)10-13-6-4-3-5-7-13/h3-7,11-12,14,16H,8-10H2,1-2H3,(H,22,23)/t12-,14?,16-/m0/s1. The van der Waals surface area contributed by atoms with E-state index in [4.69, 9.17) is 0 Å². The molecule has 0 aliphatic carbocycles. The van der Waals surface area contributed by atoms with Crippen molar-refractivity contribution in [1.29, 1.82) is 0 Å². The van der Waals surface area contributed by atoms with Crippen molar-refractivity contribution in [3.05, 3.63) is 47.8 Å². The first-order chi connectivity index (χ1) is 11.0. The largest absolute Gasteiger partial charge is 0.481 e. The fourth-order valence-electron chi connectivity index (χ4n) is 3.43. The third kappa shape index (κ3) is 3.42. The highest BCUT2D eigenvalue weighted by molar-refractivity contribution is 5.70. The van der Waals surface area contributed by atoms with Gasteiger partial charge in [0, 0.05) is 25.8 Å². The SMILES string of the molecule is C[C@H]1CC(C(=O)O)C[C@@H](c2cn(C)nn2)N1Cc1ccccc1. The number of hydrogen-bond acceptors (Lipinski definition) is 4. The van der Waals surface area contributed by atoms with Gasteiger partial charge in [-0.05, 0) is 25.3 Å². The molecule has 2 heterocycles. The molecule has 1 aromatic heterocycles. The van der Waals surface area contributed by atoms with Crippen LogP contribution in [0.1, 0.15) is 37.1 Å². The Morgan fingerprint density at radius 2 is 2.04 bits per heavy atom. The Bertz CT molecular complexity index is 670. The number of aromatic nitrogens is 3. The van der Waals surface area contributed by atoms with Crippen LogP contribution >= 0.6 is 0 Å². The zero-order valence-corrected chi connectivity index (χ0v) is 13.5. The molecule has 1 aliphatic rings. The molecule has 3 atom stereocenters. The molecule has 6 nitrogen and oxygen atoms in total. The lowest BCUT2D eigenvalue weighted by Gasteiger charge is -2.42. The molecule has 3 rings (SSSR count). The number of likely N-dealkylation sites (tertiary alicyclic amines) is 1. The van der Waals surface area contributed by atoms with Gasteiger partial charge in [0.15, 0.2) is 0 Å². The normalized spacial score (nSPS) is 25.4. The molecule has 0 saturated carbocycles. The first-order valence-corrected chi connectivity index (χ1v) is 7.93. The van der Waals surface area contributed by atoms with E-state index in [9.17, 15) is 9.90 Å². The number of piperidine rings is 1. The van der Waals surface area contributed by atoms with Crippen LogP contribution in [0, 0.1) is 5.92 Å². The number of carbonyl (C=O) groups is 1. The van der Waals surface area contributed by atoms with E-state index < -0.39 is 5.97 Å². The van der Waals surface area contributed by atoms with Crippen molar-refractivity contribution in [3.63, 3.8) is 0 Å². The summed E-state index contributed by atoms with van der Waals surface area (Å²) in [5.41, 5.74) is 2.07. The van der Waals surface area contributed by atoms with Gasteiger partial charge in [0.05, 0.1) is 17.7 Å². The van der Waals surface area contributed by atoms with Crippen molar-refractivity contribution in [2.24, 2.45) is 13.0 Å². The van der Waals surface area contributed by atoms with E-state index in [2.05, 4.69) is 34.3 Å². The van der Waals surface area contributed by atoms with E-state index >= 15 is 0 Å². The Morgan fingerprint density at radius 1 is 1.30 bits per heavy atom. The Labute approximate surface area is 135 Å². The summed E-state index contributed by atoms with van der Waals surface area (Å²) >= 11 is 0. The lowest BCUT2D eigenvalue weighted by molar-refractivity contribution is -0.145. The summed E-state index contributed by atoms with van der Waals surface area (Å²) in [6.07, 6.45) is 3.13. The van der Waals surface area contributed by atoms with Crippen LogP contribution in [0.4, 0.5) is 0 Å². The van der Waals surface area contributed by atoms with Crippen LogP contribution in [-0.2, 0) is 18.4 Å². The second kappa shape index (κ2) is 6.50. The molecule has 23 heavy (non-hydrogen) atoms. The highest BCUT2D eigenvalue weighted by Crippen LogP contribution is 2.37.